The van der Waals surface area contributed by atoms with Gasteiger partial charge in [0.25, 0.3) is 5.91 Å². The second-order valence-electron chi connectivity index (χ2n) is 8.04. The van der Waals surface area contributed by atoms with Crippen LogP contribution in [-0.4, -0.2) is 34.8 Å². The number of halogens is 3. The first-order chi connectivity index (χ1) is 15.7. The molecule has 1 saturated heterocycles. The van der Waals surface area contributed by atoms with Crippen molar-refractivity contribution < 1.29 is 27.2 Å². The Morgan fingerprint density at radius 3 is 2.70 bits per heavy atom. The number of rotatable bonds is 4. The topological polar surface area (TPSA) is 75.4 Å². The number of piperidine rings is 1. The van der Waals surface area contributed by atoms with Crippen LogP contribution in [0.2, 0.25) is 0 Å². The molecule has 3 aromatic rings. The fraction of sp³-hybridized carbons (Fsp3) is 0.292. The van der Waals surface area contributed by atoms with Crippen LogP contribution in [0.5, 0.6) is 0 Å². The highest BCUT2D eigenvalue weighted by Gasteiger charge is 2.32. The lowest BCUT2D eigenvalue weighted by molar-refractivity contribution is -0.137. The normalized spacial score (nSPS) is 16.5. The van der Waals surface area contributed by atoms with Crippen LogP contribution < -0.4 is 5.32 Å². The first-order valence-corrected chi connectivity index (χ1v) is 10.5. The maximum Gasteiger partial charge on any atom is 0.416 e. The molecule has 1 fully saturated rings. The van der Waals surface area contributed by atoms with Crippen LogP contribution in [0.25, 0.3) is 11.3 Å². The van der Waals surface area contributed by atoms with E-state index in [4.69, 9.17) is 4.42 Å². The van der Waals surface area contributed by atoms with Crippen LogP contribution in [0.4, 0.5) is 19.0 Å². The van der Waals surface area contributed by atoms with Crippen LogP contribution in [0.1, 0.15) is 34.5 Å². The van der Waals surface area contributed by atoms with E-state index in [1.54, 1.807) is 12.3 Å². The molecule has 3 heterocycles. The minimum Gasteiger partial charge on any atom is -0.451 e. The molecular weight excluding hydrogens is 435 g/mol. The third kappa shape index (κ3) is 5.24. The number of furan rings is 1. The van der Waals surface area contributed by atoms with Gasteiger partial charge in [-0.1, -0.05) is 18.2 Å². The first kappa shape index (κ1) is 22.6. The lowest BCUT2D eigenvalue weighted by atomic mass is 9.97. The molecule has 0 bridgehead atoms. The Labute approximate surface area is 188 Å². The van der Waals surface area contributed by atoms with Crippen molar-refractivity contribution in [2.45, 2.75) is 25.9 Å². The maximum absolute atomic E-state index is 13.0. The van der Waals surface area contributed by atoms with Crippen molar-refractivity contribution in [2.24, 2.45) is 5.92 Å². The number of hydrogen-bond acceptors (Lipinski definition) is 4. The zero-order valence-electron chi connectivity index (χ0n) is 17.9. The van der Waals surface area contributed by atoms with Gasteiger partial charge in [-0.25, -0.2) is 4.98 Å². The summed E-state index contributed by atoms with van der Waals surface area (Å²) in [4.78, 5) is 31.3. The third-order valence-electron chi connectivity index (χ3n) is 5.53. The molecule has 0 radical (unpaired) electrons. The van der Waals surface area contributed by atoms with Crippen molar-refractivity contribution in [1.82, 2.24) is 9.88 Å². The monoisotopic (exact) mass is 457 g/mol. The van der Waals surface area contributed by atoms with Crippen molar-refractivity contribution in [3.05, 3.63) is 71.6 Å². The number of aromatic nitrogens is 1. The van der Waals surface area contributed by atoms with Gasteiger partial charge in [0.15, 0.2) is 5.76 Å². The second kappa shape index (κ2) is 9.09. The van der Waals surface area contributed by atoms with Crippen LogP contribution in [0.3, 0.4) is 0 Å². The van der Waals surface area contributed by atoms with Gasteiger partial charge in [0.2, 0.25) is 5.91 Å². The predicted octanol–water partition coefficient (Wildman–Crippen LogP) is 5.16. The molecule has 0 spiro atoms. The molecule has 1 aliphatic rings. The summed E-state index contributed by atoms with van der Waals surface area (Å²) < 4.78 is 44.6. The number of aryl methyl sites for hydroxylation is 1. The number of pyridine rings is 1. The molecule has 1 aromatic carbocycles. The summed E-state index contributed by atoms with van der Waals surface area (Å²) in [6.07, 6.45) is -1.54. The molecule has 0 aliphatic carbocycles. The fourth-order valence-electron chi connectivity index (χ4n) is 3.76. The molecule has 1 unspecified atom stereocenters. The van der Waals surface area contributed by atoms with Crippen LogP contribution in [0.15, 0.2) is 59.1 Å². The standard InChI is InChI=1S/C24H22F3N3O3/c1-15-7-10-21(28-13-15)29-22(31)17-5-3-11-30(14-17)23(32)20-9-8-19(33-20)16-4-2-6-18(12-16)24(25,26)27/h2,4,6-10,12-13,17H,3,5,11,14H2,1H3,(H,28,29,31). The van der Waals surface area contributed by atoms with E-state index < -0.39 is 23.6 Å². The Kier molecular flexibility index (Phi) is 6.22. The van der Waals surface area contributed by atoms with Crippen molar-refractivity contribution in [3.63, 3.8) is 0 Å². The maximum atomic E-state index is 13.0. The molecule has 1 atom stereocenters. The number of amides is 2. The number of carbonyl (C=O) groups excluding carboxylic acids is 2. The summed E-state index contributed by atoms with van der Waals surface area (Å²) in [6, 6.07) is 11.2. The van der Waals surface area contributed by atoms with Gasteiger partial charge in [-0.2, -0.15) is 13.2 Å². The lowest BCUT2D eigenvalue weighted by Crippen LogP contribution is -2.43. The molecule has 2 aromatic heterocycles. The summed E-state index contributed by atoms with van der Waals surface area (Å²) in [7, 11) is 0. The molecule has 4 rings (SSSR count). The highest BCUT2D eigenvalue weighted by atomic mass is 19.4. The van der Waals surface area contributed by atoms with Gasteiger partial charge in [0.1, 0.15) is 11.6 Å². The quantitative estimate of drug-likeness (QED) is 0.587. The van der Waals surface area contributed by atoms with Gasteiger partial charge in [0.05, 0.1) is 11.5 Å². The van der Waals surface area contributed by atoms with Crippen LogP contribution in [-0.2, 0) is 11.0 Å². The molecule has 6 nitrogen and oxygen atoms in total. The summed E-state index contributed by atoms with van der Waals surface area (Å²) in [6.45, 7) is 2.58. The van der Waals surface area contributed by atoms with Crippen LogP contribution in [0, 0.1) is 12.8 Å². The molecule has 2 amide bonds. The molecule has 172 valence electrons. The summed E-state index contributed by atoms with van der Waals surface area (Å²) in [5.74, 6) is -0.383. The highest BCUT2D eigenvalue weighted by molar-refractivity contribution is 5.94. The van der Waals surface area contributed by atoms with E-state index in [1.165, 1.54) is 29.2 Å². The molecule has 1 aliphatic heterocycles. The SMILES string of the molecule is Cc1ccc(NC(=O)C2CCCN(C(=O)c3ccc(-c4cccc(C(F)(F)F)c4)o3)C2)nc1. The Morgan fingerprint density at radius 2 is 1.97 bits per heavy atom. The Hall–Kier alpha value is -3.62. The number of nitrogens with one attached hydrogen (secondary N) is 1. The zero-order chi connectivity index (χ0) is 23.6. The number of carbonyl (C=O) groups is 2. The minimum atomic E-state index is -4.47. The van der Waals surface area contributed by atoms with Gasteiger partial charge >= 0.3 is 6.18 Å². The number of hydrogen-bond donors (Lipinski definition) is 1. The first-order valence-electron chi connectivity index (χ1n) is 10.5. The van der Waals surface area contributed by atoms with E-state index in [0.717, 1.165) is 17.7 Å². The van der Waals surface area contributed by atoms with Gasteiger partial charge in [-0.15, -0.1) is 0 Å². The van der Waals surface area contributed by atoms with E-state index in [2.05, 4.69) is 10.3 Å². The lowest BCUT2D eigenvalue weighted by Gasteiger charge is -2.31. The van der Waals surface area contributed by atoms with E-state index in [-0.39, 0.29) is 29.5 Å². The smallest absolute Gasteiger partial charge is 0.416 e. The summed E-state index contributed by atoms with van der Waals surface area (Å²) >= 11 is 0. The average molecular weight is 457 g/mol. The van der Waals surface area contributed by atoms with Crippen molar-refractivity contribution in [2.75, 3.05) is 18.4 Å². The van der Waals surface area contributed by atoms with Crippen LogP contribution >= 0.6 is 0 Å². The van der Waals surface area contributed by atoms with E-state index in [0.29, 0.717) is 25.2 Å². The van der Waals surface area contributed by atoms with Gasteiger partial charge in [0, 0.05) is 24.8 Å². The second-order valence-corrected chi connectivity index (χ2v) is 8.04. The average Bonchev–Trinajstić information content (AvgIpc) is 3.30. The fourth-order valence-corrected chi connectivity index (χ4v) is 3.76. The predicted molar refractivity (Wildman–Crippen MR) is 115 cm³/mol. The molecular formula is C24H22F3N3O3. The molecule has 1 N–H and O–H groups in total. The third-order valence-corrected chi connectivity index (χ3v) is 5.53. The van der Waals surface area contributed by atoms with Gasteiger partial charge in [-0.05, 0) is 55.7 Å². The van der Waals surface area contributed by atoms with Crippen molar-refractivity contribution in [1.29, 1.82) is 0 Å². The number of nitrogens with zero attached hydrogens (tertiary/aromatic N) is 2. The van der Waals surface area contributed by atoms with Gasteiger partial charge < -0.3 is 14.6 Å². The molecule has 9 heteroatoms. The largest absolute Gasteiger partial charge is 0.451 e. The highest BCUT2D eigenvalue weighted by Crippen LogP contribution is 2.33. The summed E-state index contributed by atoms with van der Waals surface area (Å²) in [5, 5.41) is 2.78. The van der Waals surface area contributed by atoms with Crippen molar-refractivity contribution in [3.8, 4) is 11.3 Å². The number of anilines is 1. The van der Waals surface area contributed by atoms with Crippen molar-refractivity contribution >= 4 is 17.6 Å². The van der Waals surface area contributed by atoms with Gasteiger partial charge in [-0.3, -0.25) is 9.59 Å². The number of benzene rings is 1. The Balaban J connectivity index is 1.44. The van der Waals surface area contributed by atoms with E-state index >= 15 is 0 Å². The molecule has 33 heavy (non-hydrogen) atoms. The zero-order valence-corrected chi connectivity index (χ0v) is 17.9. The number of alkyl halides is 3. The summed E-state index contributed by atoms with van der Waals surface area (Å²) in [5.41, 5.74) is 0.410. The van der Waals surface area contributed by atoms with E-state index in [9.17, 15) is 22.8 Å². The molecule has 0 saturated carbocycles. The Morgan fingerprint density at radius 1 is 1.15 bits per heavy atom. The van der Waals surface area contributed by atoms with E-state index in [1.807, 2.05) is 13.0 Å². The number of likely N-dealkylation sites (tertiary alicyclic amines) is 1. The Bertz CT molecular complexity index is 1160. The minimum absolute atomic E-state index is 0.0173.